The molecule has 2 rings (SSSR count). The predicted molar refractivity (Wildman–Crippen MR) is 54.8 cm³/mol. The maximum absolute atomic E-state index is 11.8. The molecule has 0 aromatic carbocycles. The van der Waals surface area contributed by atoms with E-state index in [1.807, 2.05) is 0 Å². The van der Waals surface area contributed by atoms with Gasteiger partial charge in [0.1, 0.15) is 5.41 Å². The van der Waals surface area contributed by atoms with Crippen molar-refractivity contribution in [1.29, 1.82) is 0 Å². The van der Waals surface area contributed by atoms with Crippen LogP contribution in [0.25, 0.3) is 0 Å². The Morgan fingerprint density at radius 2 is 2.24 bits per heavy atom. The largest absolute Gasteiger partial charge is 0.480 e. The summed E-state index contributed by atoms with van der Waals surface area (Å²) in [6.45, 7) is 1.73. The fourth-order valence-corrected chi connectivity index (χ4v) is 1.81. The van der Waals surface area contributed by atoms with Gasteiger partial charge in [-0.3, -0.25) is 9.59 Å². The number of carboxylic acid groups (broad SMARTS) is 1. The number of hydrogen-bond acceptors (Lipinski definition) is 5. The standard InChI is InChI=1S/C10H13N3O4/c1-6-12-7(13-17-6)5-11-8(14)10(9(15)16)3-2-4-10/h2-5H2,1H3,(H,11,14)(H,15,16). The molecule has 17 heavy (non-hydrogen) atoms. The highest BCUT2D eigenvalue weighted by molar-refractivity contribution is 6.02. The van der Waals surface area contributed by atoms with E-state index >= 15 is 0 Å². The summed E-state index contributed by atoms with van der Waals surface area (Å²) >= 11 is 0. The van der Waals surface area contributed by atoms with Crippen molar-refractivity contribution < 1.29 is 19.2 Å². The summed E-state index contributed by atoms with van der Waals surface area (Å²) < 4.78 is 4.74. The Kier molecular flexibility index (Phi) is 2.83. The highest BCUT2D eigenvalue weighted by atomic mass is 16.5. The van der Waals surface area contributed by atoms with E-state index in [0.717, 1.165) is 6.42 Å². The Bertz CT molecular complexity index is 450. The first-order valence-electron chi connectivity index (χ1n) is 5.35. The first kappa shape index (κ1) is 11.6. The summed E-state index contributed by atoms with van der Waals surface area (Å²) in [5, 5.41) is 15.2. The van der Waals surface area contributed by atoms with Gasteiger partial charge in [0.15, 0.2) is 5.82 Å². The Balaban J connectivity index is 1.95. The zero-order valence-electron chi connectivity index (χ0n) is 9.39. The number of amides is 1. The number of nitrogens with one attached hydrogen (secondary N) is 1. The van der Waals surface area contributed by atoms with Gasteiger partial charge in [0.25, 0.3) is 0 Å². The number of nitrogens with zero attached hydrogens (tertiary/aromatic N) is 2. The number of aliphatic carboxylic acids is 1. The summed E-state index contributed by atoms with van der Waals surface area (Å²) in [6.07, 6.45) is 1.54. The summed E-state index contributed by atoms with van der Waals surface area (Å²) in [5.41, 5.74) is -1.25. The van der Waals surface area contributed by atoms with Gasteiger partial charge < -0.3 is 14.9 Å². The molecule has 1 heterocycles. The number of carboxylic acids is 1. The number of rotatable bonds is 4. The zero-order valence-corrected chi connectivity index (χ0v) is 9.39. The first-order valence-corrected chi connectivity index (χ1v) is 5.35. The van der Waals surface area contributed by atoms with Crippen LogP contribution in [0.5, 0.6) is 0 Å². The SMILES string of the molecule is Cc1nc(CNC(=O)C2(C(=O)O)CCC2)no1. The third-order valence-corrected chi connectivity index (χ3v) is 3.03. The van der Waals surface area contributed by atoms with Gasteiger partial charge in [-0.05, 0) is 12.8 Å². The fourth-order valence-electron chi connectivity index (χ4n) is 1.81. The lowest BCUT2D eigenvalue weighted by Gasteiger charge is -2.35. The minimum Gasteiger partial charge on any atom is -0.480 e. The lowest BCUT2D eigenvalue weighted by molar-refractivity contribution is -0.162. The molecule has 0 unspecified atom stereocenters. The van der Waals surface area contributed by atoms with E-state index in [1.165, 1.54) is 0 Å². The quantitative estimate of drug-likeness (QED) is 0.729. The minimum absolute atomic E-state index is 0.0885. The monoisotopic (exact) mass is 239 g/mol. The van der Waals surface area contributed by atoms with Crippen molar-refractivity contribution in [2.45, 2.75) is 32.7 Å². The molecule has 0 atom stereocenters. The highest BCUT2D eigenvalue weighted by Crippen LogP contribution is 2.41. The van der Waals surface area contributed by atoms with Crippen molar-refractivity contribution in [3.63, 3.8) is 0 Å². The van der Waals surface area contributed by atoms with Gasteiger partial charge in [-0.1, -0.05) is 11.6 Å². The van der Waals surface area contributed by atoms with Crippen LogP contribution in [0.3, 0.4) is 0 Å². The summed E-state index contributed by atoms with van der Waals surface area (Å²) in [4.78, 5) is 26.8. The van der Waals surface area contributed by atoms with Gasteiger partial charge in [0.2, 0.25) is 11.8 Å². The van der Waals surface area contributed by atoms with Gasteiger partial charge >= 0.3 is 5.97 Å². The first-order chi connectivity index (χ1) is 8.04. The second kappa shape index (κ2) is 4.15. The molecule has 1 aromatic rings. The molecule has 1 fully saturated rings. The topological polar surface area (TPSA) is 105 Å². The molecule has 0 bridgehead atoms. The smallest absolute Gasteiger partial charge is 0.319 e. The van der Waals surface area contributed by atoms with Crippen LogP contribution in [0.15, 0.2) is 4.52 Å². The molecule has 1 aliphatic carbocycles. The van der Waals surface area contributed by atoms with E-state index in [4.69, 9.17) is 9.63 Å². The van der Waals surface area contributed by atoms with Crippen molar-refractivity contribution in [2.24, 2.45) is 5.41 Å². The molecule has 2 N–H and O–H groups in total. The second-order valence-corrected chi connectivity index (χ2v) is 4.15. The van der Waals surface area contributed by atoms with Gasteiger partial charge in [0.05, 0.1) is 6.54 Å². The third kappa shape index (κ3) is 2.00. The molecule has 1 aromatic heterocycles. The lowest BCUT2D eigenvalue weighted by Crippen LogP contribution is -2.50. The maximum Gasteiger partial charge on any atom is 0.319 e. The molecule has 92 valence electrons. The number of carbonyl (C=O) groups is 2. The molecule has 1 saturated carbocycles. The molecular weight excluding hydrogens is 226 g/mol. The van der Waals surface area contributed by atoms with Crippen LogP contribution >= 0.6 is 0 Å². The van der Waals surface area contributed by atoms with Gasteiger partial charge in [-0.2, -0.15) is 4.98 Å². The minimum atomic E-state index is -1.25. The van der Waals surface area contributed by atoms with Crippen molar-refractivity contribution >= 4 is 11.9 Å². The van der Waals surface area contributed by atoms with Crippen LogP contribution in [0.4, 0.5) is 0 Å². The van der Waals surface area contributed by atoms with Crippen molar-refractivity contribution in [3.05, 3.63) is 11.7 Å². The molecular formula is C10H13N3O4. The van der Waals surface area contributed by atoms with Crippen LogP contribution in [-0.4, -0.2) is 27.1 Å². The van der Waals surface area contributed by atoms with Crippen LogP contribution in [0.2, 0.25) is 0 Å². The average molecular weight is 239 g/mol. The Labute approximate surface area is 97.2 Å². The number of carbonyl (C=O) groups excluding carboxylic acids is 1. The number of aryl methyl sites for hydroxylation is 1. The van der Waals surface area contributed by atoms with E-state index in [9.17, 15) is 9.59 Å². The van der Waals surface area contributed by atoms with E-state index in [0.29, 0.717) is 24.6 Å². The Hall–Kier alpha value is -1.92. The van der Waals surface area contributed by atoms with E-state index in [-0.39, 0.29) is 6.54 Å². The number of aromatic nitrogens is 2. The summed E-state index contributed by atoms with van der Waals surface area (Å²) in [5.74, 6) is -0.786. The van der Waals surface area contributed by atoms with Crippen molar-refractivity contribution in [2.75, 3.05) is 0 Å². The van der Waals surface area contributed by atoms with E-state index in [1.54, 1.807) is 6.92 Å². The average Bonchev–Trinajstić information content (AvgIpc) is 2.59. The van der Waals surface area contributed by atoms with Gasteiger partial charge in [0, 0.05) is 6.92 Å². The number of hydrogen-bond donors (Lipinski definition) is 2. The molecule has 0 radical (unpaired) electrons. The summed E-state index contributed by atoms with van der Waals surface area (Å²) in [7, 11) is 0. The molecule has 1 amide bonds. The second-order valence-electron chi connectivity index (χ2n) is 4.15. The normalized spacial score (nSPS) is 17.2. The molecule has 7 heteroatoms. The van der Waals surface area contributed by atoms with E-state index < -0.39 is 17.3 Å². The maximum atomic E-state index is 11.8. The molecule has 7 nitrogen and oxygen atoms in total. The van der Waals surface area contributed by atoms with Crippen LogP contribution in [0, 0.1) is 12.3 Å². The van der Waals surface area contributed by atoms with Gasteiger partial charge in [-0.25, -0.2) is 0 Å². The van der Waals surface area contributed by atoms with Gasteiger partial charge in [-0.15, -0.1) is 0 Å². The lowest BCUT2D eigenvalue weighted by atomic mass is 9.68. The van der Waals surface area contributed by atoms with Crippen LogP contribution in [-0.2, 0) is 16.1 Å². The zero-order chi connectivity index (χ0) is 12.5. The molecule has 0 spiro atoms. The molecule has 1 aliphatic rings. The van der Waals surface area contributed by atoms with E-state index in [2.05, 4.69) is 15.5 Å². The van der Waals surface area contributed by atoms with Crippen molar-refractivity contribution in [3.8, 4) is 0 Å². The Morgan fingerprint density at radius 3 is 2.65 bits per heavy atom. The summed E-state index contributed by atoms with van der Waals surface area (Å²) in [6, 6.07) is 0. The van der Waals surface area contributed by atoms with Crippen molar-refractivity contribution in [1.82, 2.24) is 15.5 Å². The van der Waals surface area contributed by atoms with Crippen LogP contribution in [0.1, 0.15) is 31.0 Å². The predicted octanol–water partition coefficient (Wildman–Crippen LogP) is 0.249. The molecule has 0 saturated heterocycles. The fraction of sp³-hybridized carbons (Fsp3) is 0.600. The third-order valence-electron chi connectivity index (χ3n) is 3.03. The molecule has 0 aliphatic heterocycles. The highest BCUT2D eigenvalue weighted by Gasteiger charge is 2.51. The Morgan fingerprint density at radius 1 is 1.53 bits per heavy atom. The van der Waals surface area contributed by atoms with Crippen LogP contribution < -0.4 is 5.32 Å².